The van der Waals surface area contributed by atoms with Crippen molar-refractivity contribution in [2.75, 3.05) is 5.75 Å². The fourth-order valence-corrected chi connectivity index (χ4v) is 5.95. The number of carbonyl (C=O) groups is 2. The maximum Gasteiger partial charge on any atom is 0.305 e. The number of hydrogen-bond donors (Lipinski definition) is 2. The average Bonchev–Trinajstić information content (AvgIpc) is 2.70. The summed E-state index contributed by atoms with van der Waals surface area (Å²) in [6, 6.07) is -1.43. The molecule has 2 bridgehead atoms. The molecule has 7 nitrogen and oxygen atoms in total. The van der Waals surface area contributed by atoms with Gasteiger partial charge in [0.05, 0.1) is 18.2 Å². The van der Waals surface area contributed by atoms with Crippen LogP contribution in [0.25, 0.3) is 0 Å². The second-order valence-electron chi connectivity index (χ2n) is 6.81. The van der Waals surface area contributed by atoms with E-state index in [2.05, 4.69) is 4.72 Å². The highest BCUT2D eigenvalue weighted by Crippen LogP contribution is 2.64. The topological polar surface area (TPSA) is 118 Å². The molecule has 0 aliphatic heterocycles. The van der Waals surface area contributed by atoms with E-state index in [0.717, 1.165) is 6.42 Å². The molecule has 123 valence electrons. The number of hydrogen-bond acceptors (Lipinski definition) is 5. The predicted octanol–water partition coefficient (Wildman–Crippen LogP) is 0.254. The van der Waals surface area contributed by atoms with Gasteiger partial charge in [0.1, 0.15) is 5.78 Å². The summed E-state index contributed by atoms with van der Waals surface area (Å²) in [5.41, 5.74) is -1.35. The Kier molecular flexibility index (Phi) is 4.20. The summed E-state index contributed by atoms with van der Waals surface area (Å²) in [6.45, 7) is 3.82. The lowest BCUT2D eigenvalue weighted by Gasteiger charge is -2.36. The van der Waals surface area contributed by atoms with Crippen LogP contribution in [0.3, 0.4) is 0 Å². The molecule has 8 heteroatoms. The normalized spacial score (nSPS) is 31.2. The molecular formula is C14H20NO6S. The van der Waals surface area contributed by atoms with Crippen LogP contribution < -0.4 is 4.72 Å². The molecule has 0 heterocycles. The van der Waals surface area contributed by atoms with Gasteiger partial charge < -0.3 is 5.11 Å². The van der Waals surface area contributed by atoms with Crippen LogP contribution >= 0.6 is 0 Å². The van der Waals surface area contributed by atoms with E-state index >= 15 is 0 Å². The molecule has 0 aromatic heterocycles. The molecule has 2 rings (SSSR count). The third-order valence-electron chi connectivity index (χ3n) is 5.42. The van der Waals surface area contributed by atoms with Crippen molar-refractivity contribution in [3.05, 3.63) is 0 Å². The van der Waals surface area contributed by atoms with Crippen LogP contribution in [0.5, 0.6) is 0 Å². The summed E-state index contributed by atoms with van der Waals surface area (Å²) >= 11 is 0. The van der Waals surface area contributed by atoms with Crippen LogP contribution in [0, 0.1) is 16.7 Å². The first-order chi connectivity index (χ1) is 10.0. The number of rotatable bonds is 7. The average molecular weight is 330 g/mol. The Hall–Kier alpha value is -1.28. The quantitative estimate of drug-likeness (QED) is 0.691. The number of carbonyl (C=O) groups excluding carboxylic acids is 2. The highest BCUT2D eigenvalue weighted by molar-refractivity contribution is 7.89. The van der Waals surface area contributed by atoms with Gasteiger partial charge in [0.2, 0.25) is 16.3 Å². The van der Waals surface area contributed by atoms with Crippen molar-refractivity contribution < 1.29 is 27.9 Å². The molecule has 2 aliphatic rings. The van der Waals surface area contributed by atoms with E-state index in [-0.39, 0.29) is 11.7 Å². The van der Waals surface area contributed by atoms with Crippen molar-refractivity contribution >= 4 is 28.1 Å². The smallest absolute Gasteiger partial charge is 0.305 e. The highest BCUT2D eigenvalue weighted by atomic mass is 32.2. The number of aliphatic carboxylic acids is 1. The standard InChI is InChI=1S/C14H20NO6S/c1-13(2)9-3-4-14(13,11(17)5-9)8-22(20,21)15-10(7-16)6-12(18)19/h9-10,15H,3-6,8H2,1-2H3,(H,18,19)/t9?,10-,14?/m0/s1. The van der Waals surface area contributed by atoms with Crippen molar-refractivity contribution in [2.45, 2.75) is 45.6 Å². The molecule has 0 aromatic carbocycles. The predicted molar refractivity (Wildman–Crippen MR) is 77.2 cm³/mol. The molecule has 0 spiro atoms. The monoisotopic (exact) mass is 330 g/mol. The fraction of sp³-hybridized carbons (Fsp3) is 0.786. The van der Waals surface area contributed by atoms with E-state index < -0.39 is 45.0 Å². The lowest BCUT2D eigenvalue weighted by molar-refractivity contribution is -0.137. The van der Waals surface area contributed by atoms with Gasteiger partial charge in [0.25, 0.3) is 0 Å². The number of sulfonamides is 1. The Morgan fingerprint density at radius 1 is 1.50 bits per heavy atom. The zero-order valence-electron chi connectivity index (χ0n) is 12.6. The van der Waals surface area contributed by atoms with Crippen LogP contribution in [0.4, 0.5) is 0 Å². The summed E-state index contributed by atoms with van der Waals surface area (Å²) in [5, 5.41) is 8.66. The highest BCUT2D eigenvalue weighted by Gasteiger charge is 2.65. The van der Waals surface area contributed by atoms with Crippen molar-refractivity contribution in [1.29, 1.82) is 0 Å². The molecule has 2 fully saturated rings. The van der Waals surface area contributed by atoms with E-state index in [1.807, 2.05) is 13.8 Å². The number of fused-ring (bicyclic) bond motifs is 2. The Labute approximate surface area is 129 Å². The van der Waals surface area contributed by atoms with E-state index in [4.69, 9.17) is 5.11 Å². The molecule has 0 saturated heterocycles. The molecule has 3 atom stereocenters. The summed E-state index contributed by atoms with van der Waals surface area (Å²) in [4.78, 5) is 33.7. The minimum absolute atomic E-state index is 0.0519. The molecule has 2 unspecified atom stereocenters. The molecular weight excluding hydrogens is 310 g/mol. The number of carboxylic acids is 1. The zero-order chi connectivity index (χ0) is 16.8. The summed E-state index contributed by atoms with van der Waals surface area (Å²) in [5.74, 6) is -1.57. The maximum atomic E-state index is 12.3. The Morgan fingerprint density at radius 3 is 2.55 bits per heavy atom. The lowest BCUT2D eigenvalue weighted by atomic mass is 9.70. The zero-order valence-corrected chi connectivity index (χ0v) is 13.4. The molecule has 1 radical (unpaired) electrons. The van der Waals surface area contributed by atoms with Gasteiger partial charge in [0.15, 0.2) is 0 Å². The maximum absolute atomic E-state index is 12.3. The Morgan fingerprint density at radius 2 is 2.14 bits per heavy atom. The summed E-state index contributed by atoms with van der Waals surface area (Å²) in [6.07, 6.45) is 2.42. The van der Waals surface area contributed by atoms with Gasteiger partial charge in [-0.25, -0.2) is 13.1 Å². The molecule has 2 saturated carbocycles. The van der Waals surface area contributed by atoms with E-state index in [0.29, 0.717) is 12.8 Å². The minimum atomic E-state index is -3.97. The second-order valence-corrected chi connectivity index (χ2v) is 8.57. The first-order valence-electron chi connectivity index (χ1n) is 7.17. The fourth-order valence-electron chi connectivity index (χ4n) is 3.97. The summed E-state index contributed by atoms with van der Waals surface area (Å²) < 4.78 is 26.7. The van der Waals surface area contributed by atoms with E-state index in [1.165, 1.54) is 6.29 Å². The number of Topliss-reactive ketones (excluding diaryl/α,β-unsaturated/α-hetero) is 1. The minimum Gasteiger partial charge on any atom is -0.481 e. The SMILES string of the molecule is CC1(C)C2CCC1(CS(=O)(=O)N[C@H]([C]=O)CC(=O)O)C(=O)C2. The van der Waals surface area contributed by atoms with Gasteiger partial charge in [-0.05, 0) is 24.2 Å². The number of carboxylic acid groups (broad SMARTS) is 1. The van der Waals surface area contributed by atoms with E-state index in [1.54, 1.807) is 0 Å². The molecule has 22 heavy (non-hydrogen) atoms. The summed E-state index contributed by atoms with van der Waals surface area (Å²) in [7, 11) is -3.97. The Balaban J connectivity index is 2.20. The van der Waals surface area contributed by atoms with Gasteiger partial charge >= 0.3 is 5.97 Å². The van der Waals surface area contributed by atoms with Crippen LogP contribution in [0.15, 0.2) is 0 Å². The van der Waals surface area contributed by atoms with Crippen molar-refractivity contribution in [1.82, 2.24) is 4.72 Å². The van der Waals surface area contributed by atoms with Crippen LogP contribution in [-0.2, 0) is 24.4 Å². The third-order valence-corrected chi connectivity index (χ3v) is 6.93. The third kappa shape index (κ3) is 2.69. The lowest BCUT2D eigenvalue weighted by Crippen LogP contribution is -2.48. The van der Waals surface area contributed by atoms with E-state index in [9.17, 15) is 22.8 Å². The van der Waals surface area contributed by atoms with Crippen molar-refractivity contribution in [3.63, 3.8) is 0 Å². The largest absolute Gasteiger partial charge is 0.481 e. The van der Waals surface area contributed by atoms with Crippen LogP contribution in [0.1, 0.15) is 39.5 Å². The number of nitrogens with one attached hydrogen (secondary N) is 1. The first kappa shape index (κ1) is 17.1. The van der Waals surface area contributed by atoms with Gasteiger partial charge in [-0.2, -0.15) is 0 Å². The van der Waals surface area contributed by atoms with Gasteiger partial charge in [-0.3, -0.25) is 14.4 Å². The second kappa shape index (κ2) is 5.42. The van der Waals surface area contributed by atoms with Gasteiger partial charge in [0, 0.05) is 11.8 Å². The van der Waals surface area contributed by atoms with Gasteiger partial charge in [-0.15, -0.1) is 0 Å². The molecule has 0 aromatic rings. The van der Waals surface area contributed by atoms with Crippen LogP contribution in [0.2, 0.25) is 0 Å². The molecule has 2 aliphatic carbocycles. The van der Waals surface area contributed by atoms with Crippen LogP contribution in [-0.4, -0.2) is 43.4 Å². The molecule has 2 N–H and O–H groups in total. The van der Waals surface area contributed by atoms with Crippen molar-refractivity contribution in [3.8, 4) is 0 Å². The van der Waals surface area contributed by atoms with Gasteiger partial charge in [-0.1, -0.05) is 13.8 Å². The molecule has 0 amide bonds. The first-order valence-corrected chi connectivity index (χ1v) is 8.82. The van der Waals surface area contributed by atoms with Crippen molar-refractivity contribution in [2.24, 2.45) is 16.7 Å². The number of ketones is 1. The Bertz CT molecular complexity index is 611.